The molecule has 2 aliphatic rings. The molecule has 0 heterocycles. The molecular weight excluding hydrogens is 272 g/mol. The predicted octanol–water partition coefficient (Wildman–Crippen LogP) is 3.02. The van der Waals surface area contributed by atoms with Gasteiger partial charge in [0.05, 0.1) is 0 Å². The van der Waals surface area contributed by atoms with Gasteiger partial charge in [0.1, 0.15) is 0 Å². The van der Waals surface area contributed by atoms with Crippen LogP contribution in [0.4, 0.5) is 0 Å². The van der Waals surface area contributed by atoms with Crippen LogP contribution in [0.15, 0.2) is 24.3 Å². The van der Waals surface area contributed by atoms with Crippen LogP contribution in [-0.2, 0) is 12.8 Å². The molecule has 0 bridgehead atoms. The van der Waals surface area contributed by atoms with E-state index < -0.39 is 0 Å². The number of aryl methyl sites for hydroxylation is 2. The standard InChI is InChI=1S/C16H13Br/c17-14-9-7-12-5-4-10-2-1-3-11-6-8-13(14)16(12)15(10)11/h2,4-6,8H,1,3,7,9H2. The minimum atomic E-state index is 1.14. The second-order valence-corrected chi connectivity index (χ2v) is 5.94. The first-order valence-corrected chi connectivity index (χ1v) is 7.06. The molecule has 0 radical (unpaired) electrons. The molecule has 0 unspecified atom stereocenters. The smallest absolute Gasteiger partial charge is 0.00326 e. The van der Waals surface area contributed by atoms with Crippen molar-refractivity contribution in [3.05, 3.63) is 45.8 Å². The van der Waals surface area contributed by atoms with Gasteiger partial charge < -0.3 is 0 Å². The van der Waals surface area contributed by atoms with Crippen LogP contribution in [0.1, 0.15) is 24.0 Å². The maximum atomic E-state index is 3.75. The minimum Gasteiger partial charge on any atom is -0.0763 e. The highest BCUT2D eigenvalue weighted by Gasteiger charge is 2.15. The van der Waals surface area contributed by atoms with Gasteiger partial charge in [0.2, 0.25) is 0 Å². The summed E-state index contributed by atoms with van der Waals surface area (Å²) in [6.07, 6.45) is 7.09. The second-order valence-electron chi connectivity index (χ2n) is 4.98. The summed E-state index contributed by atoms with van der Waals surface area (Å²) in [5.74, 6) is 0. The lowest BCUT2D eigenvalue weighted by atomic mass is 9.87. The summed E-state index contributed by atoms with van der Waals surface area (Å²) in [7, 11) is 0. The van der Waals surface area contributed by atoms with Gasteiger partial charge >= 0.3 is 0 Å². The van der Waals surface area contributed by atoms with E-state index >= 15 is 0 Å². The van der Waals surface area contributed by atoms with Gasteiger partial charge in [-0.25, -0.2) is 0 Å². The Morgan fingerprint density at radius 1 is 0.824 bits per heavy atom. The topological polar surface area (TPSA) is 0 Å². The molecule has 0 aliphatic heterocycles. The summed E-state index contributed by atoms with van der Waals surface area (Å²) in [5.41, 5.74) is 3.06. The molecule has 0 N–H and O–H groups in total. The fourth-order valence-corrected chi connectivity index (χ4v) is 3.77. The Bertz CT molecular complexity index is 753. The Balaban J connectivity index is 2.39. The Morgan fingerprint density at radius 2 is 1.65 bits per heavy atom. The first-order valence-electron chi connectivity index (χ1n) is 6.27. The second kappa shape index (κ2) is 3.46. The lowest BCUT2D eigenvalue weighted by molar-refractivity contribution is 1.01. The maximum absolute atomic E-state index is 3.75. The van der Waals surface area contributed by atoms with Crippen molar-refractivity contribution < 1.29 is 0 Å². The Hall–Kier alpha value is -1.08. The average molecular weight is 285 g/mol. The van der Waals surface area contributed by atoms with E-state index in [0.717, 1.165) is 6.42 Å². The average Bonchev–Trinajstić information content (AvgIpc) is 2.38. The first-order chi connectivity index (χ1) is 8.34. The Kier molecular flexibility index (Phi) is 2.01. The lowest BCUT2D eigenvalue weighted by Gasteiger charge is -2.19. The van der Waals surface area contributed by atoms with Gasteiger partial charge in [0.25, 0.3) is 0 Å². The Morgan fingerprint density at radius 3 is 2.59 bits per heavy atom. The highest BCUT2D eigenvalue weighted by Crippen LogP contribution is 2.27. The molecular formula is C16H13Br. The zero-order valence-electron chi connectivity index (χ0n) is 9.59. The third-order valence-electron chi connectivity index (χ3n) is 4.05. The van der Waals surface area contributed by atoms with E-state index in [9.17, 15) is 0 Å². The lowest BCUT2D eigenvalue weighted by Crippen LogP contribution is -2.20. The van der Waals surface area contributed by atoms with E-state index in [1.54, 1.807) is 0 Å². The third kappa shape index (κ3) is 1.29. The van der Waals surface area contributed by atoms with Crippen molar-refractivity contribution in [2.75, 3.05) is 0 Å². The van der Waals surface area contributed by atoms with E-state index in [0.29, 0.717) is 0 Å². The maximum Gasteiger partial charge on any atom is 0.00326 e. The van der Waals surface area contributed by atoms with E-state index in [1.807, 2.05) is 0 Å². The van der Waals surface area contributed by atoms with Crippen molar-refractivity contribution >= 4 is 37.3 Å². The summed E-state index contributed by atoms with van der Waals surface area (Å²) >= 11 is 3.75. The number of halogens is 1. The van der Waals surface area contributed by atoms with E-state index in [-0.39, 0.29) is 0 Å². The molecule has 0 nitrogen and oxygen atoms in total. The zero-order valence-corrected chi connectivity index (χ0v) is 11.2. The molecule has 0 aromatic heterocycles. The summed E-state index contributed by atoms with van der Waals surface area (Å²) in [4.78, 5) is 0. The molecule has 17 heavy (non-hydrogen) atoms. The number of rotatable bonds is 0. The van der Waals surface area contributed by atoms with Crippen LogP contribution in [0.3, 0.4) is 0 Å². The van der Waals surface area contributed by atoms with E-state index in [2.05, 4.69) is 46.3 Å². The molecule has 0 atom stereocenters. The van der Waals surface area contributed by atoms with Gasteiger partial charge in [-0.2, -0.15) is 0 Å². The molecule has 0 spiro atoms. The molecule has 0 fully saturated rings. The fourth-order valence-electron chi connectivity index (χ4n) is 3.24. The van der Waals surface area contributed by atoms with Crippen LogP contribution >= 0.6 is 15.9 Å². The van der Waals surface area contributed by atoms with Crippen LogP contribution in [0.25, 0.3) is 21.3 Å². The molecule has 4 rings (SSSR count). The molecule has 0 saturated carbocycles. The van der Waals surface area contributed by atoms with Crippen molar-refractivity contribution in [1.29, 1.82) is 0 Å². The van der Waals surface area contributed by atoms with Crippen LogP contribution in [0.2, 0.25) is 0 Å². The molecule has 0 amide bonds. The van der Waals surface area contributed by atoms with Crippen LogP contribution in [-0.4, -0.2) is 0 Å². The highest BCUT2D eigenvalue weighted by atomic mass is 79.9. The normalized spacial score (nSPS) is 17.1. The monoisotopic (exact) mass is 284 g/mol. The fraction of sp³-hybridized carbons (Fsp3) is 0.250. The SMILES string of the molecule is BrC1=c2ccc3c4c(ccc(c24)CC1)=CCC3. The van der Waals surface area contributed by atoms with Crippen molar-refractivity contribution in [1.82, 2.24) is 0 Å². The van der Waals surface area contributed by atoms with E-state index in [1.165, 1.54) is 56.1 Å². The van der Waals surface area contributed by atoms with Gasteiger partial charge in [-0.05, 0) is 58.0 Å². The van der Waals surface area contributed by atoms with Gasteiger partial charge in [-0.15, -0.1) is 0 Å². The molecule has 2 aromatic carbocycles. The molecule has 84 valence electrons. The van der Waals surface area contributed by atoms with Crippen LogP contribution in [0.5, 0.6) is 0 Å². The van der Waals surface area contributed by atoms with Crippen LogP contribution < -0.4 is 10.4 Å². The van der Waals surface area contributed by atoms with Crippen molar-refractivity contribution in [2.45, 2.75) is 25.7 Å². The zero-order chi connectivity index (χ0) is 11.4. The van der Waals surface area contributed by atoms with Crippen molar-refractivity contribution in [3.8, 4) is 0 Å². The van der Waals surface area contributed by atoms with E-state index in [4.69, 9.17) is 0 Å². The minimum absolute atomic E-state index is 1.14. The van der Waals surface area contributed by atoms with Gasteiger partial charge in [-0.1, -0.05) is 46.3 Å². The largest absolute Gasteiger partial charge is 0.0763 e. The van der Waals surface area contributed by atoms with Crippen molar-refractivity contribution in [2.24, 2.45) is 0 Å². The highest BCUT2D eigenvalue weighted by molar-refractivity contribution is 9.14. The Labute approximate surface area is 109 Å². The number of benzene rings is 2. The molecule has 0 saturated heterocycles. The van der Waals surface area contributed by atoms with Crippen LogP contribution in [0, 0.1) is 0 Å². The van der Waals surface area contributed by atoms with Gasteiger partial charge in [0, 0.05) is 4.48 Å². The number of hydrogen-bond acceptors (Lipinski definition) is 0. The van der Waals surface area contributed by atoms with Gasteiger partial charge in [-0.3, -0.25) is 0 Å². The summed E-state index contributed by atoms with van der Waals surface area (Å²) in [6, 6.07) is 9.26. The summed E-state index contributed by atoms with van der Waals surface area (Å²) < 4.78 is 1.37. The molecule has 2 aliphatic carbocycles. The van der Waals surface area contributed by atoms with Crippen molar-refractivity contribution in [3.63, 3.8) is 0 Å². The quantitative estimate of drug-likeness (QED) is 0.698. The molecule has 2 aromatic rings. The van der Waals surface area contributed by atoms with Gasteiger partial charge in [0.15, 0.2) is 0 Å². The summed E-state index contributed by atoms with van der Waals surface area (Å²) in [6.45, 7) is 0. The summed E-state index contributed by atoms with van der Waals surface area (Å²) in [5, 5.41) is 5.88. The third-order valence-corrected chi connectivity index (χ3v) is 4.87. The first kappa shape index (κ1) is 9.90. The molecule has 1 heteroatoms. The predicted molar refractivity (Wildman–Crippen MR) is 76.6 cm³/mol. The number of hydrogen-bond donors (Lipinski definition) is 0.